The lowest BCUT2D eigenvalue weighted by Crippen LogP contribution is -2.30. The molecule has 0 fully saturated rings. The van der Waals surface area contributed by atoms with Gasteiger partial charge in [-0.2, -0.15) is 0 Å². The van der Waals surface area contributed by atoms with Gasteiger partial charge in [0.2, 0.25) is 5.91 Å². The quantitative estimate of drug-likeness (QED) is 0.528. The van der Waals surface area contributed by atoms with Crippen LogP contribution in [-0.4, -0.2) is 18.5 Å². The van der Waals surface area contributed by atoms with Gasteiger partial charge in [-0.15, -0.1) is 11.6 Å². The van der Waals surface area contributed by atoms with Gasteiger partial charge in [-0.1, -0.05) is 12.1 Å². The van der Waals surface area contributed by atoms with Crippen LogP contribution >= 0.6 is 11.6 Å². The maximum atomic E-state index is 11.6. The van der Waals surface area contributed by atoms with Crippen LogP contribution in [0.5, 0.6) is 0 Å². The van der Waals surface area contributed by atoms with Crippen molar-refractivity contribution in [1.82, 2.24) is 5.32 Å². The summed E-state index contributed by atoms with van der Waals surface area (Å²) in [5.74, 6) is 0.283. The first-order chi connectivity index (χ1) is 9.11. The number of nitrogens with two attached hydrogens (primary N) is 1. The number of carbonyl (C=O) groups excluding carboxylic acids is 2. The van der Waals surface area contributed by atoms with Crippen molar-refractivity contribution in [2.24, 2.45) is 5.73 Å². The van der Waals surface area contributed by atoms with Crippen LogP contribution in [0.3, 0.4) is 0 Å². The van der Waals surface area contributed by atoms with Crippen LogP contribution in [0.1, 0.15) is 18.4 Å². The van der Waals surface area contributed by atoms with E-state index in [2.05, 4.69) is 10.6 Å². The highest BCUT2D eigenvalue weighted by Gasteiger charge is 2.03. The van der Waals surface area contributed by atoms with Crippen LogP contribution in [-0.2, 0) is 10.7 Å². The Morgan fingerprint density at radius 3 is 2.53 bits per heavy atom. The van der Waals surface area contributed by atoms with Crippen LogP contribution in [0.25, 0.3) is 0 Å². The minimum Gasteiger partial charge on any atom is -0.352 e. The average Bonchev–Trinajstić information content (AvgIpc) is 2.39. The molecule has 3 amide bonds. The monoisotopic (exact) mass is 282 g/mol. The fourth-order valence-electron chi connectivity index (χ4n) is 1.42. The van der Waals surface area contributed by atoms with Crippen molar-refractivity contribution in [2.75, 3.05) is 11.9 Å². The third kappa shape index (κ3) is 6.67. The van der Waals surface area contributed by atoms with E-state index in [4.69, 9.17) is 17.3 Å². The zero-order valence-corrected chi connectivity index (χ0v) is 11.2. The normalized spacial score (nSPS) is 9.95. The fourth-order valence-corrected chi connectivity index (χ4v) is 1.60. The number of unbranched alkanes of at least 4 members (excludes halogenated alkanes) is 1. The molecule has 0 heterocycles. The number of hydrogen-bond acceptors (Lipinski definition) is 2. The second kappa shape index (κ2) is 8.37. The summed E-state index contributed by atoms with van der Waals surface area (Å²) < 4.78 is 0. The summed E-state index contributed by atoms with van der Waals surface area (Å²) in [5, 5.41) is 5.20. The van der Waals surface area contributed by atoms with E-state index in [0.29, 0.717) is 25.3 Å². The third-order valence-electron chi connectivity index (χ3n) is 2.39. The molecule has 103 valence electrons. The number of hydrogen-bond donors (Lipinski definition) is 3. The Morgan fingerprint density at radius 1 is 1.26 bits per heavy atom. The molecule has 1 aromatic rings. The van der Waals surface area contributed by atoms with Gasteiger partial charge in [0.15, 0.2) is 0 Å². The SMILES string of the molecule is NC(=O)NCCC[CH]C(=O)Nc1ccc(CCl)cc1. The molecule has 6 heteroatoms. The van der Waals surface area contributed by atoms with Gasteiger partial charge in [0.1, 0.15) is 0 Å². The van der Waals surface area contributed by atoms with Gasteiger partial charge in [-0.05, 0) is 30.5 Å². The van der Waals surface area contributed by atoms with E-state index in [-0.39, 0.29) is 5.91 Å². The number of benzene rings is 1. The zero-order chi connectivity index (χ0) is 14.1. The predicted molar refractivity (Wildman–Crippen MR) is 75.7 cm³/mol. The molecular formula is C13H17ClN3O2. The largest absolute Gasteiger partial charge is 0.352 e. The van der Waals surface area contributed by atoms with E-state index in [0.717, 1.165) is 11.3 Å². The predicted octanol–water partition coefficient (Wildman–Crippen LogP) is 2.02. The molecule has 0 aliphatic carbocycles. The van der Waals surface area contributed by atoms with Gasteiger partial charge >= 0.3 is 6.03 Å². The molecule has 5 nitrogen and oxygen atoms in total. The van der Waals surface area contributed by atoms with Crippen LogP contribution in [0.4, 0.5) is 10.5 Å². The minimum atomic E-state index is -0.552. The first-order valence-corrected chi connectivity index (χ1v) is 6.47. The number of primary amides is 1. The number of halogens is 1. The molecule has 0 aliphatic rings. The molecule has 1 radical (unpaired) electrons. The third-order valence-corrected chi connectivity index (χ3v) is 2.69. The highest BCUT2D eigenvalue weighted by Crippen LogP contribution is 2.11. The molecule has 0 atom stereocenters. The first kappa shape index (κ1) is 15.3. The number of carbonyl (C=O) groups is 2. The smallest absolute Gasteiger partial charge is 0.312 e. The lowest BCUT2D eigenvalue weighted by atomic mass is 10.2. The Hall–Kier alpha value is -1.75. The standard InChI is InChI=1S/C13H17ClN3O2/c14-9-10-4-6-11(7-5-10)17-12(18)3-1-2-8-16-13(15)19/h3-7H,1-2,8-9H2,(H,17,18)(H3,15,16,19). The van der Waals surface area contributed by atoms with E-state index < -0.39 is 6.03 Å². The molecule has 0 spiro atoms. The Bertz CT molecular complexity index is 420. The van der Waals surface area contributed by atoms with Gasteiger partial charge in [0, 0.05) is 24.5 Å². The molecule has 19 heavy (non-hydrogen) atoms. The number of nitrogens with one attached hydrogen (secondary N) is 2. The number of urea groups is 1. The van der Waals surface area contributed by atoms with Crippen LogP contribution in [0.2, 0.25) is 0 Å². The summed E-state index contributed by atoms with van der Waals surface area (Å²) in [5.41, 5.74) is 6.64. The van der Waals surface area contributed by atoms with Crippen LogP contribution in [0, 0.1) is 6.42 Å². The van der Waals surface area contributed by atoms with E-state index in [1.54, 1.807) is 12.1 Å². The molecule has 4 N–H and O–H groups in total. The molecule has 0 unspecified atom stereocenters. The van der Waals surface area contributed by atoms with E-state index >= 15 is 0 Å². The molecule has 1 aromatic carbocycles. The summed E-state index contributed by atoms with van der Waals surface area (Å²) in [6.45, 7) is 0.462. The number of anilines is 1. The van der Waals surface area contributed by atoms with Gasteiger partial charge in [0.05, 0.1) is 0 Å². The minimum absolute atomic E-state index is 0.169. The highest BCUT2D eigenvalue weighted by atomic mass is 35.5. The van der Waals surface area contributed by atoms with Gasteiger partial charge in [-0.3, -0.25) is 4.79 Å². The maximum absolute atomic E-state index is 11.6. The van der Waals surface area contributed by atoms with Crippen molar-refractivity contribution >= 4 is 29.2 Å². The summed E-state index contributed by atoms with van der Waals surface area (Å²) in [6, 6.07) is 6.78. The van der Waals surface area contributed by atoms with Gasteiger partial charge in [0.25, 0.3) is 0 Å². The van der Waals surface area contributed by atoms with Crippen molar-refractivity contribution in [2.45, 2.75) is 18.7 Å². The first-order valence-electron chi connectivity index (χ1n) is 5.94. The Kier molecular flexibility index (Phi) is 6.74. The second-order valence-corrected chi connectivity index (χ2v) is 4.22. The van der Waals surface area contributed by atoms with Crippen molar-refractivity contribution in [3.8, 4) is 0 Å². The van der Waals surface area contributed by atoms with E-state index in [9.17, 15) is 9.59 Å². The van der Waals surface area contributed by atoms with Crippen molar-refractivity contribution in [1.29, 1.82) is 0 Å². The summed E-state index contributed by atoms with van der Waals surface area (Å²) >= 11 is 5.67. The van der Waals surface area contributed by atoms with E-state index in [1.165, 1.54) is 6.42 Å². The molecule has 0 bridgehead atoms. The number of amides is 3. The van der Waals surface area contributed by atoms with Gasteiger partial charge < -0.3 is 16.4 Å². The summed E-state index contributed by atoms with van der Waals surface area (Å²) in [4.78, 5) is 22.0. The lowest BCUT2D eigenvalue weighted by molar-refractivity contribution is -0.113. The van der Waals surface area contributed by atoms with Crippen LogP contribution < -0.4 is 16.4 Å². The lowest BCUT2D eigenvalue weighted by Gasteiger charge is -2.05. The second-order valence-electron chi connectivity index (χ2n) is 3.96. The average molecular weight is 283 g/mol. The Labute approximate surface area is 117 Å². The van der Waals surface area contributed by atoms with E-state index in [1.807, 2.05) is 12.1 Å². The highest BCUT2D eigenvalue weighted by molar-refractivity contribution is 6.17. The molecule has 0 saturated heterocycles. The number of alkyl halides is 1. The molecule has 1 rings (SSSR count). The Balaban J connectivity index is 2.21. The van der Waals surface area contributed by atoms with Crippen molar-refractivity contribution < 1.29 is 9.59 Å². The molecule has 0 saturated carbocycles. The maximum Gasteiger partial charge on any atom is 0.312 e. The summed E-state index contributed by atoms with van der Waals surface area (Å²) in [6.07, 6.45) is 2.78. The summed E-state index contributed by atoms with van der Waals surface area (Å²) in [7, 11) is 0. The fraction of sp³-hybridized carbons (Fsp3) is 0.308. The zero-order valence-electron chi connectivity index (χ0n) is 10.5. The molecular weight excluding hydrogens is 266 g/mol. The van der Waals surface area contributed by atoms with Gasteiger partial charge in [-0.25, -0.2) is 4.79 Å². The number of rotatable bonds is 7. The topological polar surface area (TPSA) is 84.2 Å². The Morgan fingerprint density at radius 2 is 1.95 bits per heavy atom. The van der Waals surface area contributed by atoms with Crippen molar-refractivity contribution in [3.05, 3.63) is 36.2 Å². The molecule has 0 aliphatic heterocycles. The van der Waals surface area contributed by atoms with Crippen LogP contribution in [0.15, 0.2) is 24.3 Å². The van der Waals surface area contributed by atoms with Crippen molar-refractivity contribution in [3.63, 3.8) is 0 Å². The molecule has 0 aromatic heterocycles.